The lowest BCUT2D eigenvalue weighted by atomic mass is 10.3. The maximum atomic E-state index is 12.8. The summed E-state index contributed by atoms with van der Waals surface area (Å²) in [5.41, 5.74) is 1.40. The summed E-state index contributed by atoms with van der Waals surface area (Å²) in [6.07, 6.45) is 0.493. The van der Waals surface area contributed by atoms with E-state index in [1.54, 1.807) is 19.9 Å². The summed E-state index contributed by atoms with van der Waals surface area (Å²) < 4.78 is 53.8. The van der Waals surface area contributed by atoms with E-state index in [0.717, 1.165) is 4.31 Å². The molecular formula is C15H19N5O5S2. The van der Waals surface area contributed by atoms with Gasteiger partial charge in [-0.25, -0.2) is 31.0 Å². The van der Waals surface area contributed by atoms with Crippen LogP contribution in [-0.4, -0.2) is 58.3 Å². The molecule has 0 fully saturated rings. The van der Waals surface area contributed by atoms with E-state index in [-0.39, 0.29) is 15.8 Å². The first-order valence-corrected chi connectivity index (χ1v) is 10.8. The summed E-state index contributed by atoms with van der Waals surface area (Å²) in [6, 6.07) is 5.33. The highest BCUT2D eigenvalue weighted by atomic mass is 32.2. The van der Waals surface area contributed by atoms with E-state index < -0.39 is 26.4 Å². The zero-order valence-corrected chi connectivity index (χ0v) is 16.7. The molecule has 0 aromatic heterocycles. The van der Waals surface area contributed by atoms with Gasteiger partial charge in [0, 0.05) is 25.5 Å². The van der Waals surface area contributed by atoms with Crippen LogP contribution in [0.4, 0.5) is 0 Å². The summed E-state index contributed by atoms with van der Waals surface area (Å²) in [5.74, 6) is 0.217. The molecule has 0 radical (unpaired) electrons. The van der Waals surface area contributed by atoms with E-state index in [9.17, 15) is 16.8 Å². The van der Waals surface area contributed by atoms with Crippen molar-refractivity contribution in [1.82, 2.24) is 14.1 Å². The Balaban J connectivity index is 1.94. The molecule has 12 heteroatoms. The second kappa shape index (κ2) is 6.80. The highest BCUT2D eigenvalue weighted by molar-refractivity contribution is 7.92. The van der Waals surface area contributed by atoms with Gasteiger partial charge in [-0.2, -0.15) is 14.8 Å². The number of guanidine groups is 1. The molecule has 2 aliphatic heterocycles. The fourth-order valence-electron chi connectivity index (χ4n) is 2.52. The highest BCUT2D eigenvalue weighted by Crippen LogP contribution is 2.25. The van der Waals surface area contributed by atoms with E-state index in [2.05, 4.69) is 14.7 Å². The van der Waals surface area contributed by atoms with E-state index in [1.165, 1.54) is 43.4 Å². The molecule has 1 atom stereocenters. The predicted molar refractivity (Wildman–Crippen MR) is 98.6 cm³/mol. The van der Waals surface area contributed by atoms with Gasteiger partial charge >= 0.3 is 0 Å². The number of benzene rings is 1. The largest absolute Gasteiger partial charge is 0.253 e. The third-order valence-electron chi connectivity index (χ3n) is 3.79. The van der Waals surface area contributed by atoms with Crippen molar-refractivity contribution >= 4 is 31.7 Å². The number of hydroxylamine groups is 2. The van der Waals surface area contributed by atoms with Crippen LogP contribution in [0, 0.1) is 0 Å². The minimum Gasteiger partial charge on any atom is -0.221 e. The molecule has 1 unspecified atom stereocenters. The lowest BCUT2D eigenvalue weighted by Crippen LogP contribution is -2.37. The quantitative estimate of drug-likeness (QED) is 0.750. The number of sulfonamides is 2. The van der Waals surface area contributed by atoms with Crippen LogP contribution >= 0.6 is 0 Å². The highest BCUT2D eigenvalue weighted by Gasteiger charge is 2.35. The van der Waals surface area contributed by atoms with Crippen molar-refractivity contribution in [2.45, 2.75) is 30.0 Å². The molecule has 0 saturated heterocycles. The third kappa shape index (κ3) is 3.66. The van der Waals surface area contributed by atoms with Gasteiger partial charge < -0.3 is 0 Å². The normalized spacial score (nSPS) is 20.3. The monoisotopic (exact) mass is 413 g/mol. The van der Waals surface area contributed by atoms with Crippen molar-refractivity contribution < 1.29 is 21.7 Å². The van der Waals surface area contributed by atoms with Crippen molar-refractivity contribution in [2.75, 3.05) is 14.1 Å². The fourth-order valence-corrected chi connectivity index (χ4v) is 5.21. The standard InChI is InChI=1S/C15H19N5O5S2/c1-10-9-11(2)20-14(16-10)17-15(25-20)18-26(21,22)12-7-5-6-8-13(12)27(23,24)19(3)4/h5-9,15,18H,1-4H3. The molecule has 10 nitrogen and oxygen atoms in total. The summed E-state index contributed by atoms with van der Waals surface area (Å²) >= 11 is 0. The number of rotatable bonds is 5. The lowest BCUT2D eigenvalue weighted by Gasteiger charge is -2.21. The van der Waals surface area contributed by atoms with Gasteiger partial charge in [0.25, 0.3) is 5.96 Å². The minimum absolute atomic E-state index is 0.217. The Morgan fingerprint density at radius 1 is 1.11 bits per heavy atom. The summed E-state index contributed by atoms with van der Waals surface area (Å²) in [6.45, 7) is 3.55. The molecule has 3 rings (SSSR count). The van der Waals surface area contributed by atoms with Crippen LogP contribution in [-0.2, 0) is 24.9 Å². The second-order valence-corrected chi connectivity index (χ2v) is 9.88. The molecule has 27 heavy (non-hydrogen) atoms. The van der Waals surface area contributed by atoms with Crippen LogP contribution in [0.3, 0.4) is 0 Å². The van der Waals surface area contributed by atoms with Crippen molar-refractivity contribution in [2.24, 2.45) is 9.98 Å². The molecule has 1 aromatic carbocycles. The predicted octanol–water partition coefficient (Wildman–Crippen LogP) is 0.480. The van der Waals surface area contributed by atoms with Crippen molar-refractivity contribution in [1.29, 1.82) is 0 Å². The van der Waals surface area contributed by atoms with E-state index in [0.29, 0.717) is 11.4 Å². The average Bonchev–Trinajstić information content (AvgIpc) is 2.96. The first kappa shape index (κ1) is 19.6. The van der Waals surface area contributed by atoms with Gasteiger partial charge in [0.05, 0.1) is 0 Å². The zero-order chi connectivity index (χ0) is 20.0. The Hall–Kier alpha value is -2.12. The van der Waals surface area contributed by atoms with Gasteiger partial charge in [-0.05, 0) is 32.1 Å². The SMILES string of the molecule is CC1=CC(C)=NC2=NC(NS(=O)(=O)c3ccccc3S(=O)(=O)N(C)C)ON12. The van der Waals surface area contributed by atoms with Crippen molar-refractivity contribution in [3.63, 3.8) is 0 Å². The first-order chi connectivity index (χ1) is 12.5. The molecule has 0 saturated carbocycles. The molecule has 146 valence electrons. The maximum absolute atomic E-state index is 12.8. The van der Waals surface area contributed by atoms with E-state index in [1.807, 2.05) is 0 Å². The van der Waals surface area contributed by atoms with Crippen LogP contribution in [0.1, 0.15) is 13.8 Å². The summed E-state index contributed by atoms with van der Waals surface area (Å²) in [7, 11) is -5.56. The fraction of sp³-hybridized carbons (Fsp3) is 0.333. The lowest BCUT2D eigenvalue weighted by molar-refractivity contribution is -0.102. The Morgan fingerprint density at radius 3 is 2.37 bits per heavy atom. The first-order valence-electron chi connectivity index (χ1n) is 7.84. The number of aliphatic imine (C=N–C) groups is 2. The molecule has 0 aliphatic carbocycles. The van der Waals surface area contributed by atoms with E-state index in [4.69, 9.17) is 4.84 Å². The van der Waals surface area contributed by atoms with Crippen LogP contribution in [0.2, 0.25) is 0 Å². The van der Waals surface area contributed by atoms with Crippen LogP contribution in [0.5, 0.6) is 0 Å². The molecule has 0 spiro atoms. The third-order valence-corrected chi connectivity index (χ3v) is 7.24. The molecule has 0 amide bonds. The Morgan fingerprint density at radius 2 is 1.74 bits per heavy atom. The van der Waals surface area contributed by atoms with Gasteiger partial charge in [0.15, 0.2) is 0 Å². The minimum atomic E-state index is -4.25. The van der Waals surface area contributed by atoms with Crippen molar-refractivity contribution in [3.05, 3.63) is 36.0 Å². The number of allylic oxidation sites excluding steroid dienone is 2. The number of nitrogens with zero attached hydrogens (tertiary/aromatic N) is 4. The van der Waals surface area contributed by atoms with Gasteiger partial charge in [-0.3, -0.25) is 0 Å². The Labute approximate surface area is 157 Å². The number of hydrogen-bond acceptors (Lipinski definition) is 8. The van der Waals surface area contributed by atoms with Gasteiger partial charge in [-0.15, -0.1) is 0 Å². The number of nitrogens with one attached hydrogen (secondary N) is 1. The smallest absolute Gasteiger partial charge is 0.221 e. The van der Waals surface area contributed by atoms with Gasteiger partial charge in [0.2, 0.25) is 26.4 Å². The maximum Gasteiger partial charge on any atom is 0.253 e. The Kier molecular flexibility index (Phi) is 4.94. The molecular weight excluding hydrogens is 394 g/mol. The Bertz CT molecular complexity index is 1070. The van der Waals surface area contributed by atoms with E-state index >= 15 is 0 Å². The van der Waals surface area contributed by atoms with Crippen LogP contribution < -0.4 is 4.72 Å². The second-order valence-electron chi connectivity index (χ2n) is 6.08. The number of hydrogen-bond donors (Lipinski definition) is 1. The molecule has 2 aliphatic rings. The van der Waals surface area contributed by atoms with Gasteiger partial charge in [-0.1, -0.05) is 12.1 Å². The molecule has 1 N–H and O–H groups in total. The molecule has 2 heterocycles. The summed E-state index contributed by atoms with van der Waals surface area (Å²) in [5, 5.41) is 1.31. The van der Waals surface area contributed by atoms with Crippen molar-refractivity contribution in [3.8, 4) is 0 Å². The zero-order valence-electron chi connectivity index (χ0n) is 15.1. The van der Waals surface area contributed by atoms with Crippen LogP contribution in [0.25, 0.3) is 0 Å². The molecule has 0 bridgehead atoms. The summed E-state index contributed by atoms with van der Waals surface area (Å²) in [4.78, 5) is 13.0. The van der Waals surface area contributed by atoms with Crippen LogP contribution in [0.15, 0.2) is 55.8 Å². The number of fused-ring (bicyclic) bond motifs is 1. The van der Waals surface area contributed by atoms with Gasteiger partial charge in [0.1, 0.15) is 9.79 Å². The topological polar surface area (TPSA) is 121 Å². The molecule has 1 aromatic rings. The average molecular weight is 413 g/mol.